The first-order valence-electron chi connectivity index (χ1n) is 5.07. The predicted molar refractivity (Wildman–Crippen MR) is 57.5 cm³/mol. The van der Waals surface area contributed by atoms with Crippen LogP contribution in [0.2, 0.25) is 0 Å². The zero-order valence-corrected chi connectivity index (χ0v) is 9.96. The standard InChI is InChI=1S/C9H17NO5S/c1-9(13,6-11)5-10-8(12)7-2-3-16(14,15)4-7/h7,11,13H,2-6H2,1H3,(H,10,12). The van der Waals surface area contributed by atoms with Crippen LogP contribution in [0.3, 0.4) is 0 Å². The van der Waals surface area contributed by atoms with Gasteiger partial charge in [0.05, 0.1) is 24.0 Å². The minimum Gasteiger partial charge on any atom is -0.393 e. The van der Waals surface area contributed by atoms with Gasteiger partial charge in [-0.2, -0.15) is 0 Å². The number of amides is 1. The summed E-state index contributed by atoms with van der Waals surface area (Å²) in [4.78, 5) is 11.5. The lowest BCUT2D eigenvalue weighted by Crippen LogP contribution is -2.45. The summed E-state index contributed by atoms with van der Waals surface area (Å²) < 4.78 is 22.3. The molecule has 94 valence electrons. The minimum atomic E-state index is -3.07. The Morgan fingerprint density at radius 1 is 1.56 bits per heavy atom. The van der Waals surface area contributed by atoms with Gasteiger partial charge in [-0.3, -0.25) is 4.79 Å². The molecule has 0 bridgehead atoms. The SMILES string of the molecule is CC(O)(CO)CNC(=O)C1CCS(=O)(=O)C1. The molecule has 0 spiro atoms. The van der Waals surface area contributed by atoms with E-state index in [0.717, 1.165) is 0 Å². The van der Waals surface area contributed by atoms with E-state index in [4.69, 9.17) is 5.11 Å². The number of hydrogen-bond donors (Lipinski definition) is 3. The lowest BCUT2D eigenvalue weighted by molar-refractivity contribution is -0.125. The van der Waals surface area contributed by atoms with Gasteiger partial charge in [-0.05, 0) is 13.3 Å². The van der Waals surface area contributed by atoms with Crippen molar-refractivity contribution >= 4 is 15.7 Å². The average molecular weight is 251 g/mol. The molecule has 2 unspecified atom stereocenters. The molecule has 0 saturated carbocycles. The van der Waals surface area contributed by atoms with Crippen LogP contribution in [0.25, 0.3) is 0 Å². The molecule has 1 heterocycles. The fourth-order valence-electron chi connectivity index (χ4n) is 1.48. The van der Waals surface area contributed by atoms with Gasteiger partial charge in [0.2, 0.25) is 5.91 Å². The lowest BCUT2D eigenvalue weighted by atomic mass is 10.1. The van der Waals surface area contributed by atoms with Gasteiger partial charge in [0.1, 0.15) is 5.60 Å². The molecule has 0 aliphatic carbocycles. The Morgan fingerprint density at radius 3 is 2.62 bits per heavy atom. The molecule has 1 rings (SSSR count). The van der Waals surface area contributed by atoms with Crippen LogP contribution in [0.1, 0.15) is 13.3 Å². The summed E-state index contributed by atoms with van der Waals surface area (Å²) in [5, 5.41) is 20.6. The van der Waals surface area contributed by atoms with Crippen molar-refractivity contribution in [3.8, 4) is 0 Å². The van der Waals surface area contributed by atoms with Crippen molar-refractivity contribution in [1.82, 2.24) is 5.32 Å². The van der Waals surface area contributed by atoms with Crippen LogP contribution in [0.4, 0.5) is 0 Å². The number of carbonyl (C=O) groups excluding carboxylic acids is 1. The summed E-state index contributed by atoms with van der Waals surface area (Å²) in [7, 11) is -3.07. The van der Waals surface area contributed by atoms with Gasteiger partial charge in [0.25, 0.3) is 0 Å². The molecule has 16 heavy (non-hydrogen) atoms. The van der Waals surface area contributed by atoms with Gasteiger partial charge < -0.3 is 15.5 Å². The number of nitrogens with one attached hydrogen (secondary N) is 1. The van der Waals surface area contributed by atoms with Crippen molar-refractivity contribution in [2.45, 2.75) is 18.9 Å². The van der Waals surface area contributed by atoms with Crippen LogP contribution in [-0.2, 0) is 14.6 Å². The van der Waals surface area contributed by atoms with E-state index in [1.165, 1.54) is 6.92 Å². The molecule has 0 radical (unpaired) electrons. The molecule has 1 saturated heterocycles. The van der Waals surface area contributed by atoms with Crippen LogP contribution < -0.4 is 5.32 Å². The van der Waals surface area contributed by atoms with Crippen LogP contribution in [0.15, 0.2) is 0 Å². The predicted octanol–water partition coefficient (Wildman–Crippen LogP) is -1.72. The van der Waals surface area contributed by atoms with Gasteiger partial charge >= 0.3 is 0 Å². The highest BCUT2D eigenvalue weighted by atomic mass is 32.2. The number of hydrogen-bond acceptors (Lipinski definition) is 5. The van der Waals surface area contributed by atoms with Crippen LogP contribution in [-0.4, -0.2) is 54.8 Å². The van der Waals surface area contributed by atoms with E-state index < -0.39 is 28.0 Å². The van der Waals surface area contributed by atoms with E-state index in [0.29, 0.717) is 6.42 Å². The van der Waals surface area contributed by atoms with Gasteiger partial charge in [0.15, 0.2) is 9.84 Å². The number of aliphatic hydroxyl groups excluding tert-OH is 1. The molecule has 0 aromatic heterocycles. The molecule has 2 atom stereocenters. The van der Waals surface area contributed by atoms with Crippen molar-refractivity contribution in [3.05, 3.63) is 0 Å². The maximum atomic E-state index is 11.5. The second-order valence-electron chi connectivity index (χ2n) is 4.47. The van der Waals surface area contributed by atoms with Crippen molar-refractivity contribution in [3.63, 3.8) is 0 Å². The van der Waals surface area contributed by atoms with Crippen molar-refractivity contribution < 1.29 is 23.4 Å². The molecule has 1 amide bonds. The van der Waals surface area contributed by atoms with E-state index in [9.17, 15) is 18.3 Å². The normalized spacial score (nSPS) is 27.3. The topological polar surface area (TPSA) is 104 Å². The van der Waals surface area contributed by atoms with Crippen LogP contribution >= 0.6 is 0 Å². The Morgan fingerprint density at radius 2 is 2.19 bits per heavy atom. The highest BCUT2D eigenvalue weighted by molar-refractivity contribution is 7.91. The molecule has 7 heteroatoms. The Hall–Kier alpha value is -0.660. The van der Waals surface area contributed by atoms with E-state index in [1.807, 2.05) is 0 Å². The van der Waals surface area contributed by atoms with Crippen LogP contribution in [0, 0.1) is 5.92 Å². The summed E-state index contributed by atoms with van der Waals surface area (Å²) in [6.07, 6.45) is 0.329. The molecule has 1 fully saturated rings. The number of aliphatic hydroxyl groups is 2. The van der Waals surface area contributed by atoms with Crippen LogP contribution in [0.5, 0.6) is 0 Å². The maximum absolute atomic E-state index is 11.5. The second-order valence-corrected chi connectivity index (χ2v) is 6.70. The third-order valence-electron chi connectivity index (χ3n) is 2.59. The van der Waals surface area contributed by atoms with E-state index >= 15 is 0 Å². The molecule has 6 nitrogen and oxygen atoms in total. The quantitative estimate of drug-likeness (QED) is 0.551. The lowest BCUT2D eigenvalue weighted by Gasteiger charge is -2.21. The summed E-state index contributed by atoms with van der Waals surface area (Å²) in [6, 6.07) is 0. The Labute approximate surface area is 94.6 Å². The summed E-state index contributed by atoms with van der Waals surface area (Å²) >= 11 is 0. The summed E-state index contributed by atoms with van der Waals surface area (Å²) in [5.41, 5.74) is -1.37. The summed E-state index contributed by atoms with van der Waals surface area (Å²) in [5.74, 6) is -0.990. The fourth-order valence-corrected chi connectivity index (χ4v) is 3.22. The van der Waals surface area contributed by atoms with Gasteiger partial charge in [-0.1, -0.05) is 0 Å². The minimum absolute atomic E-state index is 0.0431. The third kappa shape index (κ3) is 3.73. The monoisotopic (exact) mass is 251 g/mol. The molecule has 3 N–H and O–H groups in total. The summed E-state index contributed by atoms with van der Waals surface area (Å²) in [6.45, 7) is 0.841. The first-order chi connectivity index (χ1) is 7.26. The number of carbonyl (C=O) groups is 1. The Bertz CT molecular complexity index is 362. The number of rotatable bonds is 4. The molecular weight excluding hydrogens is 234 g/mol. The van der Waals surface area contributed by atoms with Crippen molar-refractivity contribution in [2.75, 3.05) is 24.7 Å². The largest absolute Gasteiger partial charge is 0.393 e. The molecule has 1 aliphatic rings. The second kappa shape index (κ2) is 4.68. The van der Waals surface area contributed by atoms with E-state index in [-0.39, 0.29) is 24.0 Å². The van der Waals surface area contributed by atoms with E-state index in [1.54, 1.807) is 0 Å². The molecule has 0 aromatic carbocycles. The maximum Gasteiger partial charge on any atom is 0.224 e. The molecular formula is C9H17NO5S. The fraction of sp³-hybridized carbons (Fsp3) is 0.889. The molecule has 0 aromatic rings. The van der Waals surface area contributed by atoms with Crippen molar-refractivity contribution in [1.29, 1.82) is 0 Å². The van der Waals surface area contributed by atoms with Gasteiger partial charge in [-0.15, -0.1) is 0 Å². The average Bonchev–Trinajstić information content (AvgIpc) is 2.55. The Kier molecular flexibility index (Phi) is 3.92. The Balaban J connectivity index is 2.43. The van der Waals surface area contributed by atoms with Crippen molar-refractivity contribution in [2.24, 2.45) is 5.92 Å². The highest BCUT2D eigenvalue weighted by Crippen LogP contribution is 2.18. The van der Waals surface area contributed by atoms with Gasteiger partial charge in [0, 0.05) is 6.54 Å². The van der Waals surface area contributed by atoms with Gasteiger partial charge in [-0.25, -0.2) is 8.42 Å². The number of sulfone groups is 1. The first kappa shape index (κ1) is 13.4. The zero-order valence-electron chi connectivity index (χ0n) is 9.14. The van der Waals surface area contributed by atoms with E-state index in [2.05, 4.69) is 5.32 Å². The first-order valence-corrected chi connectivity index (χ1v) is 6.89. The zero-order chi connectivity index (χ0) is 12.4. The highest BCUT2D eigenvalue weighted by Gasteiger charge is 2.33. The third-order valence-corrected chi connectivity index (χ3v) is 4.36. The molecule has 1 aliphatic heterocycles. The smallest absolute Gasteiger partial charge is 0.224 e.